The second-order valence-electron chi connectivity index (χ2n) is 18.6. The van der Waals surface area contributed by atoms with Crippen LogP contribution in [0.1, 0.15) is 110 Å². The molecule has 0 radical (unpaired) electrons. The lowest BCUT2D eigenvalue weighted by atomic mass is 9.96. The van der Waals surface area contributed by atoms with Crippen LogP contribution in [0.4, 0.5) is 0 Å². The molecule has 3 fully saturated rings. The van der Waals surface area contributed by atoms with Gasteiger partial charge in [-0.2, -0.15) is 0 Å². The summed E-state index contributed by atoms with van der Waals surface area (Å²) in [5, 5.41) is 119. The van der Waals surface area contributed by atoms with Crippen molar-refractivity contribution in [1.29, 1.82) is 0 Å². The molecule has 17 atom stereocenters. The number of amides is 1. The van der Waals surface area contributed by atoms with Crippen LogP contribution >= 0.6 is 0 Å². The molecule has 0 spiro atoms. The van der Waals surface area contributed by atoms with Crippen LogP contribution < -0.4 is 5.32 Å². The van der Waals surface area contributed by atoms with Gasteiger partial charge in [-0.15, -0.1) is 0 Å². The number of carbonyl (C=O) groups is 1. The molecule has 0 aliphatic carbocycles. The van der Waals surface area contributed by atoms with Gasteiger partial charge in [0.25, 0.3) is 0 Å². The molecule has 17 unspecified atom stereocenters. The Morgan fingerprint density at radius 3 is 1.46 bits per heavy atom. The Labute approximate surface area is 437 Å². The SMILES string of the molecule is CC/C=C\C/C=C\C/C=C\C/C=C\C/C=C\C/C=C\CCCCC(=O)NC(COC1OC(CO)C(OC2OC(CO)C(OC3OC(CO)C(O)C(O)C3O)C(O)C2O)C(O)C1O)C(O)/C=C/CC/C=C/CCCC. The molecule has 0 aromatic carbocycles. The van der Waals surface area contributed by atoms with Gasteiger partial charge in [0.1, 0.15) is 73.2 Å². The van der Waals surface area contributed by atoms with E-state index in [4.69, 9.17) is 28.4 Å². The summed E-state index contributed by atoms with van der Waals surface area (Å²) in [7, 11) is 0. The molecule has 3 saturated heterocycles. The zero-order valence-electron chi connectivity index (χ0n) is 43.3. The lowest BCUT2D eigenvalue weighted by Crippen LogP contribution is -2.66. The van der Waals surface area contributed by atoms with E-state index in [2.05, 4.69) is 104 Å². The number of aliphatic hydroxyl groups is 11. The van der Waals surface area contributed by atoms with Crippen LogP contribution in [0.5, 0.6) is 0 Å². The normalized spacial score (nSPS) is 32.3. The molecule has 422 valence electrons. The maximum atomic E-state index is 13.2. The van der Waals surface area contributed by atoms with E-state index >= 15 is 0 Å². The van der Waals surface area contributed by atoms with Gasteiger partial charge in [0.15, 0.2) is 18.9 Å². The van der Waals surface area contributed by atoms with Gasteiger partial charge in [0.2, 0.25) is 5.91 Å². The smallest absolute Gasteiger partial charge is 0.220 e. The van der Waals surface area contributed by atoms with Crippen LogP contribution in [0.25, 0.3) is 0 Å². The largest absolute Gasteiger partial charge is 0.394 e. The third-order valence-corrected chi connectivity index (χ3v) is 12.6. The van der Waals surface area contributed by atoms with E-state index < -0.39 is 131 Å². The Hall–Kier alpha value is -3.29. The van der Waals surface area contributed by atoms with Crippen molar-refractivity contribution in [1.82, 2.24) is 5.32 Å². The first kappa shape index (κ1) is 65.0. The molecule has 3 heterocycles. The number of unbranched alkanes of at least 4 members (excludes halogenated alkanes) is 5. The Morgan fingerprint density at radius 1 is 0.500 bits per heavy atom. The highest BCUT2D eigenvalue weighted by molar-refractivity contribution is 5.76. The fraction of sp³-hybridized carbons (Fsp3) is 0.691. The van der Waals surface area contributed by atoms with Gasteiger partial charge in [-0.05, 0) is 77.0 Å². The molecule has 3 rings (SSSR count). The molecule has 74 heavy (non-hydrogen) atoms. The number of carbonyl (C=O) groups excluding carboxylic acids is 1. The van der Waals surface area contributed by atoms with E-state index in [0.29, 0.717) is 12.8 Å². The average Bonchev–Trinajstić information content (AvgIpc) is 3.40. The van der Waals surface area contributed by atoms with E-state index in [1.54, 1.807) is 12.2 Å². The van der Waals surface area contributed by atoms with Gasteiger partial charge in [-0.3, -0.25) is 4.79 Å². The molecule has 3 aliphatic heterocycles. The van der Waals surface area contributed by atoms with Crippen LogP contribution in [0.3, 0.4) is 0 Å². The summed E-state index contributed by atoms with van der Waals surface area (Å²) in [5.41, 5.74) is 0. The van der Waals surface area contributed by atoms with Crippen molar-refractivity contribution in [2.75, 3.05) is 26.4 Å². The number of hydrogen-bond acceptors (Lipinski definition) is 18. The molecule has 12 N–H and O–H groups in total. The van der Waals surface area contributed by atoms with Crippen molar-refractivity contribution in [3.8, 4) is 0 Å². The van der Waals surface area contributed by atoms with Crippen LogP contribution in [-0.4, -0.2) is 193 Å². The summed E-state index contributed by atoms with van der Waals surface area (Å²) in [6.45, 7) is 1.41. The highest BCUT2D eigenvalue weighted by atomic mass is 16.8. The number of hydrogen-bond donors (Lipinski definition) is 12. The van der Waals surface area contributed by atoms with E-state index in [1.165, 1.54) is 0 Å². The molecule has 0 saturated carbocycles. The van der Waals surface area contributed by atoms with Gasteiger partial charge >= 0.3 is 0 Å². The van der Waals surface area contributed by atoms with Crippen LogP contribution in [0.2, 0.25) is 0 Å². The Kier molecular flexibility index (Phi) is 33.6. The quantitative estimate of drug-likeness (QED) is 0.0321. The monoisotopic (exact) mass is 1050 g/mol. The zero-order chi connectivity index (χ0) is 54.1. The maximum absolute atomic E-state index is 13.2. The fourth-order valence-corrected chi connectivity index (χ4v) is 8.19. The first-order valence-electron chi connectivity index (χ1n) is 26.5. The minimum atomic E-state index is -1.99. The van der Waals surface area contributed by atoms with Gasteiger partial charge in [0.05, 0.1) is 38.6 Å². The zero-order valence-corrected chi connectivity index (χ0v) is 43.3. The molecule has 19 nitrogen and oxygen atoms in total. The summed E-state index contributed by atoms with van der Waals surface area (Å²) in [6, 6.07) is -1.02. The minimum Gasteiger partial charge on any atom is -0.394 e. The second kappa shape index (κ2) is 38.3. The van der Waals surface area contributed by atoms with E-state index in [0.717, 1.165) is 77.0 Å². The van der Waals surface area contributed by atoms with Crippen molar-refractivity contribution in [3.63, 3.8) is 0 Å². The maximum Gasteiger partial charge on any atom is 0.220 e. The Bertz CT molecular complexity index is 1730. The predicted octanol–water partition coefficient (Wildman–Crippen LogP) is 2.64. The average molecular weight is 1050 g/mol. The van der Waals surface area contributed by atoms with Crippen molar-refractivity contribution >= 4 is 5.91 Å². The van der Waals surface area contributed by atoms with Crippen LogP contribution in [-0.2, 0) is 33.2 Å². The van der Waals surface area contributed by atoms with Crippen molar-refractivity contribution in [2.24, 2.45) is 0 Å². The topological polar surface area (TPSA) is 307 Å². The Balaban J connectivity index is 1.52. The molecule has 0 aromatic heterocycles. The first-order valence-corrected chi connectivity index (χ1v) is 26.5. The van der Waals surface area contributed by atoms with Gasteiger partial charge in [0, 0.05) is 6.42 Å². The number of nitrogens with one attached hydrogen (secondary N) is 1. The molecule has 0 aromatic rings. The van der Waals surface area contributed by atoms with Gasteiger partial charge in [-0.25, -0.2) is 0 Å². The second-order valence-corrected chi connectivity index (χ2v) is 18.6. The third kappa shape index (κ3) is 23.1. The van der Waals surface area contributed by atoms with Gasteiger partial charge < -0.3 is 89.9 Å². The molecular weight excluding hydrogens is 963 g/mol. The highest BCUT2D eigenvalue weighted by Gasteiger charge is 2.53. The van der Waals surface area contributed by atoms with Gasteiger partial charge in [-0.1, -0.05) is 124 Å². The summed E-state index contributed by atoms with van der Waals surface area (Å²) in [5.74, 6) is -0.338. The lowest BCUT2D eigenvalue weighted by molar-refractivity contribution is -0.379. The molecular formula is C55H89NO18. The number of allylic oxidation sites excluding steroid dienone is 15. The fourth-order valence-electron chi connectivity index (χ4n) is 8.19. The summed E-state index contributed by atoms with van der Waals surface area (Å²) in [6.07, 6.45) is 18.7. The highest BCUT2D eigenvalue weighted by Crippen LogP contribution is 2.33. The number of rotatable bonds is 35. The summed E-state index contributed by atoms with van der Waals surface area (Å²) >= 11 is 0. The van der Waals surface area contributed by atoms with Crippen molar-refractivity contribution in [3.05, 3.63) is 97.2 Å². The molecule has 3 aliphatic rings. The minimum absolute atomic E-state index is 0.173. The standard InChI is InChI=1S/C55H89NO18/c1-3-5-7-9-11-13-14-15-16-17-18-19-20-21-22-23-24-25-27-29-31-33-43(61)56-38(39(60)32-30-28-26-12-10-8-6-4-2)37-69-53-49(67)46(64)51(41(35-58)71-53)74-55-50(68)47(65)52(42(36-59)72-55)73-54-48(66)45(63)44(62)40(34-57)70-54/h5,7,10-13,15-16,18-19,21-22,24-25,30,32,38-42,44-55,57-60,62-68H,3-4,6,8-9,14,17,20,23,26-29,31,33-37H2,1-2H3,(H,56,61)/b7-5-,12-10+,13-11-,16-15-,19-18-,22-21-,25-24-,32-30+. The molecule has 19 heteroatoms. The number of ether oxygens (including phenoxy) is 6. The lowest BCUT2D eigenvalue weighted by Gasteiger charge is -2.48. The van der Waals surface area contributed by atoms with E-state index in [-0.39, 0.29) is 12.3 Å². The Morgan fingerprint density at radius 2 is 0.932 bits per heavy atom. The molecule has 1 amide bonds. The van der Waals surface area contributed by atoms with Crippen molar-refractivity contribution in [2.45, 2.75) is 214 Å². The van der Waals surface area contributed by atoms with E-state index in [1.807, 2.05) is 0 Å². The van der Waals surface area contributed by atoms with Crippen LogP contribution in [0, 0.1) is 0 Å². The summed E-state index contributed by atoms with van der Waals surface area (Å²) in [4.78, 5) is 13.2. The van der Waals surface area contributed by atoms with Crippen LogP contribution in [0.15, 0.2) is 97.2 Å². The number of aliphatic hydroxyl groups excluding tert-OH is 11. The molecule has 0 bridgehead atoms. The van der Waals surface area contributed by atoms with Crippen molar-refractivity contribution < 1.29 is 89.4 Å². The summed E-state index contributed by atoms with van der Waals surface area (Å²) < 4.78 is 34.0. The van der Waals surface area contributed by atoms with E-state index in [9.17, 15) is 61.0 Å². The predicted molar refractivity (Wildman–Crippen MR) is 277 cm³/mol. The first-order chi connectivity index (χ1) is 35.8. The third-order valence-electron chi connectivity index (χ3n) is 12.6.